The summed E-state index contributed by atoms with van der Waals surface area (Å²) in [5, 5.41) is 0.522. The van der Waals surface area contributed by atoms with Crippen LogP contribution in [0.3, 0.4) is 0 Å². The second-order valence-electron chi connectivity index (χ2n) is 6.84. The zero-order valence-electron chi connectivity index (χ0n) is 15.0. The number of carbonyl (C=O) groups excluding carboxylic acids is 1. The molecule has 1 aliphatic rings. The number of carbonyl (C=O) groups is 1. The minimum atomic E-state index is -0.384. The van der Waals surface area contributed by atoms with Crippen LogP contribution in [0.2, 0.25) is 0 Å². The fourth-order valence-corrected chi connectivity index (χ4v) is 3.62. The van der Waals surface area contributed by atoms with Crippen molar-refractivity contribution < 1.29 is 9.21 Å². The third kappa shape index (κ3) is 2.53. The third-order valence-corrected chi connectivity index (χ3v) is 5.02. The molecule has 132 valence electrons. The first-order chi connectivity index (χ1) is 12.6. The Morgan fingerprint density at radius 1 is 1.04 bits per heavy atom. The van der Waals surface area contributed by atoms with Gasteiger partial charge in [-0.2, -0.15) is 0 Å². The van der Waals surface area contributed by atoms with Crippen LogP contribution in [0, 0.1) is 6.92 Å². The Bertz CT molecular complexity index is 1030. The van der Waals surface area contributed by atoms with E-state index in [-0.39, 0.29) is 23.1 Å². The number of hydrogen-bond acceptors (Lipinski definition) is 3. The van der Waals surface area contributed by atoms with Crippen LogP contribution in [-0.4, -0.2) is 17.4 Å². The average molecular weight is 347 g/mol. The smallest absolute Gasteiger partial charge is 0.290 e. The van der Waals surface area contributed by atoms with Crippen molar-refractivity contribution in [3.63, 3.8) is 0 Å². The highest BCUT2D eigenvalue weighted by atomic mass is 16.3. The molecule has 1 aliphatic heterocycles. The number of fused-ring (bicyclic) bond motifs is 2. The average Bonchev–Trinajstić information content (AvgIpc) is 2.93. The molecule has 0 spiro atoms. The van der Waals surface area contributed by atoms with Gasteiger partial charge in [0.1, 0.15) is 5.58 Å². The van der Waals surface area contributed by atoms with Crippen LogP contribution >= 0.6 is 0 Å². The Labute approximate surface area is 152 Å². The molecule has 2 aromatic carbocycles. The molecule has 1 unspecified atom stereocenters. The molecule has 1 atom stereocenters. The van der Waals surface area contributed by atoms with Gasteiger partial charge in [0.2, 0.25) is 5.76 Å². The zero-order chi connectivity index (χ0) is 18.3. The van der Waals surface area contributed by atoms with Gasteiger partial charge in [-0.3, -0.25) is 9.59 Å². The van der Waals surface area contributed by atoms with Crippen molar-refractivity contribution >= 4 is 16.9 Å². The van der Waals surface area contributed by atoms with E-state index < -0.39 is 0 Å². The van der Waals surface area contributed by atoms with E-state index >= 15 is 0 Å². The molecule has 1 amide bonds. The number of para-hydroxylation sites is 1. The second kappa shape index (κ2) is 6.45. The molecule has 4 rings (SSSR count). The zero-order valence-corrected chi connectivity index (χ0v) is 15.0. The minimum absolute atomic E-state index is 0.111. The molecule has 0 aliphatic carbocycles. The lowest BCUT2D eigenvalue weighted by molar-refractivity contribution is 0.0725. The molecule has 2 heterocycles. The molecule has 0 bridgehead atoms. The summed E-state index contributed by atoms with van der Waals surface area (Å²) >= 11 is 0. The van der Waals surface area contributed by atoms with E-state index in [0.717, 1.165) is 24.0 Å². The molecule has 0 saturated heterocycles. The standard InChI is InChI=1S/C22H21NO3/c1-3-4-13-23-19(15-11-9-14(2)10-12-15)18-20(24)16-7-5-6-8-17(16)26-21(18)22(23)25/h5-12,19H,3-4,13H2,1-2H3. The Morgan fingerprint density at radius 3 is 2.50 bits per heavy atom. The highest BCUT2D eigenvalue weighted by Crippen LogP contribution is 2.38. The number of rotatable bonds is 4. The predicted molar refractivity (Wildman–Crippen MR) is 101 cm³/mol. The molecular weight excluding hydrogens is 326 g/mol. The summed E-state index contributed by atoms with van der Waals surface area (Å²) in [5.74, 6) is -0.00254. The van der Waals surface area contributed by atoms with Gasteiger partial charge in [-0.15, -0.1) is 0 Å². The van der Waals surface area contributed by atoms with E-state index in [1.807, 2.05) is 43.3 Å². The van der Waals surface area contributed by atoms with Crippen LogP contribution in [0.5, 0.6) is 0 Å². The Hall–Kier alpha value is -2.88. The highest BCUT2D eigenvalue weighted by Gasteiger charge is 2.42. The molecule has 0 fully saturated rings. The van der Waals surface area contributed by atoms with Gasteiger partial charge in [0.05, 0.1) is 17.0 Å². The van der Waals surface area contributed by atoms with E-state index in [0.29, 0.717) is 23.1 Å². The third-order valence-electron chi connectivity index (χ3n) is 5.02. The summed E-state index contributed by atoms with van der Waals surface area (Å²) in [6.07, 6.45) is 1.86. The monoisotopic (exact) mass is 347 g/mol. The SMILES string of the molecule is CCCCN1C(=O)c2oc3ccccc3c(=O)c2C1c1ccc(C)cc1. The van der Waals surface area contributed by atoms with Gasteiger partial charge in [-0.25, -0.2) is 0 Å². The fourth-order valence-electron chi connectivity index (χ4n) is 3.62. The first-order valence-electron chi connectivity index (χ1n) is 9.05. The van der Waals surface area contributed by atoms with Crippen molar-refractivity contribution in [2.24, 2.45) is 0 Å². The maximum Gasteiger partial charge on any atom is 0.290 e. The number of unbranched alkanes of at least 4 members (excludes halogenated alkanes) is 1. The lowest BCUT2D eigenvalue weighted by atomic mass is 9.97. The van der Waals surface area contributed by atoms with Crippen LogP contribution in [0.25, 0.3) is 11.0 Å². The van der Waals surface area contributed by atoms with E-state index in [2.05, 4.69) is 6.92 Å². The first kappa shape index (κ1) is 16.6. The van der Waals surface area contributed by atoms with Crippen molar-refractivity contribution in [1.29, 1.82) is 0 Å². The normalized spacial score (nSPS) is 16.3. The molecule has 4 nitrogen and oxygen atoms in total. The topological polar surface area (TPSA) is 50.5 Å². The quantitative estimate of drug-likeness (QED) is 0.701. The Balaban J connectivity index is 1.96. The largest absolute Gasteiger partial charge is 0.450 e. The van der Waals surface area contributed by atoms with Gasteiger partial charge in [-0.1, -0.05) is 55.3 Å². The summed E-state index contributed by atoms with van der Waals surface area (Å²) in [6, 6.07) is 14.8. The lowest BCUT2D eigenvalue weighted by Crippen LogP contribution is -2.30. The van der Waals surface area contributed by atoms with E-state index in [1.54, 1.807) is 17.0 Å². The van der Waals surface area contributed by atoms with Gasteiger partial charge in [-0.05, 0) is 31.0 Å². The number of benzene rings is 2. The summed E-state index contributed by atoms with van der Waals surface area (Å²) in [4.78, 5) is 28.0. The number of nitrogens with zero attached hydrogens (tertiary/aromatic N) is 1. The van der Waals surface area contributed by atoms with Crippen molar-refractivity contribution in [3.05, 3.63) is 81.2 Å². The number of aryl methyl sites for hydroxylation is 1. The van der Waals surface area contributed by atoms with E-state index in [4.69, 9.17) is 4.42 Å². The van der Waals surface area contributed by atoms with Crippen molar-refractivity contribution in [2.75, 3.05) is 6.54 Å². The van der Waals surface area contributed by atoms with E-state index in [1.165, 1.54) is 0 Å². The summed E-state index contributed by atoms with van der Waals surface area (Å²) in [6.45, 7) is 4.72. The summed E-state index contributed by atoms with van der Waals surface area (Å²) in [5.41, 5.74) is 2.91. The molecular formula is C22H21NO3. The van der Waals surface area contributed by atoms with Crippen LogP contribution in [0.4, 0.5) is 0 Å². The number of hydrogen-bond donors (Lipinski definition) is 0. The molecule has 4 heteroatoms. The molecule has 1 aromatic heterocycles. The van der Waals surface area contributed by atoms with Gasteiger partial charge in [0.15, 0.2) is 5.43 Å². The predicted octanol–water partition coefficient (Wildman–Crippen LogP) is 4.45. The van der Waals surface area contributed by atoms with E-state index in [9.17, 15) is 9.59 Å². The van der Waals surface area contributed by atoms with Gasteiger partial charge in [0.25, 0.3) is 5.91 Å². The van der Waals surface area contributed by atoms with Crippen LogP contribution in [0.15, 0.2) is 57.7 Å². The fraction of sp³-hybridized carbons (Fsp3) is 0.273. The van der Waals surface area contributed by atoms with Gasteiger partial charge in [0, 0.05) is 6.54 Å². The summed E-state index contributed by atoms with van der Waals surface area (Å²) < 4.78 is 5.89. The lowest BCUT2D eigenvalue weighted by Gasteiger charge is -2.25. The van der Waals surface area contributed by atoms with Crippen molar-refractivity contribution in [2.45, 2.75) is 32.7 Å². The molecule has 0 radical (unpaired) electrons. The van der Waals surface area contributed by atoms with Crippen LogP contribution in [-0.2, 0) is 0 Å². The van der Waals surface area contributed by atoms with Crippen molar-refractivity contribution in [3.8, 4) is 0 Å². The highest BCUT2D eigenvalue weighted by molar-refractivity contribution is 5.99. The van der Waals surface area contributed by atoms with Crippen LogP contribution < -0.4 is 5.43 Å². The molecule has 26 heavy (non-hydrogen) atoms. The van der Waals surface area contributed by atoms with Crippen LogP contribution in [0.1, 0.15) is 53.1 Å². The van der Waals surface area contributed by atoms with Gasteiger partial charge < -0.3 is 9.32 Å². The summed E-state index contributed by atoms with van der Waals surface area (Å²) in [7, 11) is 0. The first-order valence-corrected chi connectivity index (χ1v) is 9.05. The maximum atomic E-state index is 13.2. The van der Waals surface area contributed by atoms with Crippen molar-refractivity contribution in [1.82, 2.24) is 4.90 Å². The molecule has 0 N–H and O–H groups in total. The Kier molecular flexibility index (Phi) is 4.11. The maximum absolute atomic E-state index is 13.2. The second-order valence-corrected chi connectivity index (χ2v) is 6.84. The van der Waals surface area contributed by atoms with Gasteiger partial charge >= 0.3 is 0 Å². The number of amides is 1. The minimum Gasteiger partial charge on any atom is -0.450 e. The Morgan fingerprint density at radius 2 is 1.77 bits per heavy atom. The molecule has 3 aromatic rings. The molecule has 0 saturated carbocycles.